The number of hydrogen-bond donors (Lipinski definition) is 1. The Balaban J connectivity index is 2.18. The van der Waals surface area contributed by atoms with Gasteiger partial charge in [-0.2, -0.15) is 0 Å². The monoisotopic (exact) mass is 239 g/mol. The van der Waals surface area contributed by atoms with E-state index < -0.39 is 11.6 Å². The number of nitrogens with two attached hydrogens (primary N) is 1. The summed E-state index contributed by atoms with van der Waals surface area (Å²) < 4.78 is 26.8. The van der Waals surface area contributed by atoms with Gasteiger partial charge in [0.1, 0.15) is 0 Å². The topological polar surface area (TPSA) is 26.0 Å². The molecule has 0 aliphatic heterocycles. The van der Waals surface area contributed by atoms with Crippen molar-refractivity contribution >= 4 is 0 Å². The van der Waals surface area contributed by atoms with E-state index in [1.165, 1.54) is 12.5 Å². The molecule has 0 bridgehead atoms. The highest BCUT2D eigenvalue weighted by molar-refractivity contribution is 5.23. The Morgan fingerprint density at radius 1 is 1.29 bits per heavy atom. The molecule has 94 valence electrons. The molecule has 3 heteroatoms. The van der Waals surface area contributed by atoms with E-state index in [1.54, 1.807) is 6.07 Å². The van der Waals surface area contributed by atoms with Crippen LogP contribution in [0.3, 0.4) is 0 Å². The molecule has 0 heterocycles. The van der Waals surface area contributed by atoms with Gasteiger partial charge in [-0.05, 0) is 30.7 Å². The number of rotatable bonds is 2. The lowest BCUT2D eigenvalue weighted by Crippen LogP contribution is -2.27. The van der Waals surface area contributed by atoms with Crippen LogP contribution in [0.1, 0.15) is 44.2 Å². The molecule has 1 saturated carbocycles. The molecule has 1 aromatic rings. The zero-order valence-corrected chi connectivity index (χ0v) is 10.1. The summed E-state index contributed by atoms with van der Waals surface area (Å²) in [5.41, 5.74) is 6.42. The van der Waals surface area contributed by atoms with Crippen LogP contribution < -0.4 is 5.73 Å². The Morgan fingerprint density at radius 3 is 2.76 bits per heavy atom. The van der Waals surface area contributed by atoms with Gasteiger partial charge in [-0.3, -0.25) is 0 Å². The first-order valence-corrected chi connectivity index (χ1v) is 6.29. The van der Waals surface area contributed by atoms with E-state index in [1.807, 2.05) is 0 Å². The molecule has 0 spiro atoms. The van der Waals surface area contributed by atoms with Gasteiger partial charge < -0.3 is 5.73 Å². The molecule has 1 aromatic carbocycles. The summed E-state index contributed by atoms with van der Waals surface area (Å²) in [5.74, 6) is -0.675. The van der Waals surface area contributed by atoms with E-state index in [4.69, 9.17) is 5.73 Å². The van der Waals surface area contributed by atoms with Crippen LogP contribution in [0.2, 0.25) is 0 Å². The minimum atomic E-state index is -0.804. The first kappa shape index (κ1) is 12.5. The fraction of sp³-hybridized carbons (Fsp3) is 0.571. The van der Waals surface area contributed by atoms with E-state index in [-0.39, 0.29) is 12.0 Å². The predicted octanol–water partition coefficient (Wildman–Crippen LogP) is 3.79. The standard InChI is InChI=1S/C14H19F2N/c1-9-4-2-5-10(8-9)14(17)11-6-3-7-12(15)13(11)16/h3,6-7,9-10,14H,2,4-5,8,17H2,1H3. The second-order valence-corrected chi connectivity index (χ2v) is 5.20. The smallest absolute Gasteiger partial charge is 0.163 e. The number of hydrogen-bond acceptors (Lipinski definition) is 1. The van der Waals surface area contributed by atoms with Crippen LogP contribution in [-0.4, -0.2) is 0 Å². The minimum Gasteiger partial charge on any atom is -0.324 e. The number of halogens is 2. The highest BCUT2D eigenvalue weighted by Crippen LogP contribution is 2.36. The van der Waals surface area contributed by atoms with Crippen molar-refractivity contribution in [1.82, 2.24) is 0 Å². The highest BCUT2D eigenvalue weighted by Gasteiger charge is 2.27. The SMILES string of the molecule is CC1CCCC(C(N)c2cccc(F)c2F)C1. The minimum absolute atomic E-state index is 0.273. The molecular formula is C14H19F2N. The summed E-state index contributed by atoms with van der Waals surface area (Å²) in [6, 6.07) is 3.88. The van der Waals surface area contributed by atoms with Crippen molar-refractivity contribution < 1.29 is 8.78 Å². The zero-order valence-electron chi connectivity index (χ0n) is 10.1. The lowest BCUT2D eigenvalue weighted by molar-refractivity contribution is 0.244. The molecule has 17 heavy (non-hydrogen) atoms. The molecule has 2 N–H and O–H groups in total. The van der Waals surface area contributed by atoms with Gasteiger partial charge >= 0.3 is 0 Å². The van der Waals surface area contributed by atoms with Crippen LogP contribution in [0.4, 0.5) is 8.78 Å². The maximum Gasteiger partial charge on any atom is 0.163 e. The molecule has 1 nitrogen and oxygen atoms in total. The molecule has 3 atom stereocenters. The van der Waals surface area contributed by atoms with Gasteiger partial charge in [0.2, 0.25) is 0 Å². The number of benzene rings is 1. The Labute approximate surface area is 101 Å². The molecular weight excluding hydrogens is 220 g/mol. The van der Waals surface area contributed by atoms with E-state index in [9.17, 15) is 8.78 Å². The van der Waals surface area contributed by atoms with Crippen LogP contribution in [-0.2, 0) is 0 Å². The van der Waals surface area contributed by atoms with Crippen LogP contribution in [0.15, 0.2) is 18.2 Å². The third-order valence-electron chi connectivity index (χ3n) is 3.83. The van der Waals surface area contributed by atoms with Crippen LogP contribution >= 0.6 is 0 Å². The second kappa shape index (κ2) is 5.13. The van der Waals surface area contributed by atoms with Gasteiger partial charge in [-0.1, -0.05) is 31.9 Å². The summed E-state index contributed by atoms with van der Waals surface area (Å²) in [5, 5.41) is 0. The summed E-state index contributed by atoms with van der Waals surface area (Å²) >= 11 is 0. The summed E-state index contributed by atoms with van der Waals surface area (Å²) in [6.45, 7) is 2.20. The van der Waals surface area contributed by atoms with Crippen LogP contribution in [0.25, 0.3) is 0 Å². The Bertz CT molecular complexity index is 392. The molecule has 1 aliphatic rings. The van der Waals surface area contributed by atoms with Crippen molar-refractivity contribution in [3.05, 3.63) is 35.4 Å². The average Bonchev–Trinajstić information content (AvgIpc) is 2.32. The summed E-state index contributed by atoms with van der Waals surface area (Å²) in [7, 11) is 0. The third-order valence-corrected chi connectivity index (χ3v) is 3.83. The van der Waals surface area contributed by atoms with Gasteiger partial charge in [0.15, 0.2) is 11.6 Å². The molecule has 0 aromatic heterocycles. The molecule has 1 fully saturated rings. The Kier molecular flexibility index (Phi) is 3.77. The predicted molar refractivity (Wildman–Crippen MR) is 64.4 cm³/mol. The van der Waals surface area contributed by atoms with Crippen molar-refractivity contribution in [2.75, 3.05) is 0 Å². The maximum absolute atomic E-state index is 13.6. The van der Waals surface area contributed by atoms with E-state index in [2.05, 4.69) is 6.92 Å². The molecule has 0 amide bonds. The van der Waals surface area contributed by atoms with Crippen LogP contribution in [0.5, 0.6) is 0 Å². The average molecular weight is 239 g/mol. The largest absolute Gasteiger partial charge is 0.324 e. The highest BCUT2D eigenvalue weighted by atomic mass is 19.2. The van der Waals surface area contributed by atoms with Crippen molar-refractivity contribution in [1.29, 1.82) is 0 Å². The lowest BCUT2D eigenvalue weighted by atomic mass is 9.77. The molecule has 2 rings (SSSR count). The first-order valence-electron chi connectivity index (χ1n) is 6.29. The fourth-order valence-electron chi connectivity index (χ4n) is 2.84. The van der Waals surface area contributed by atoms with Crippen molar-refractivity contribution in [2.24, 2.45) is 17.6 Å². The van der Waals surface area contributed by atoms with Gasteiger partial charge in [0.25, 0.3) is 0 Å². The molecule has 0 radical (unpaired) electrons. The normalized spacial score (nSPS) is 26.8. The van der Waals surface area contributed by atoms with Crippen molar-refractivity contribution in [2.45, 2.75) is 38.6 Å². The summed E-state index contributed by atoms with van der Waals surface area (Å²) in [4.78, 5) is 0. The quantitative estimate of drug-likeness (QED) is 0.834. The third kappa shape index (κ3) is 2.65. The van der Waals surface area contributed by atoms with E-state index >= 15 is 0 Å². The lowest BCUT2D eigenvalue weighted by Gasteiger charge is -2.31. The second-order valence-electron chi connectivity index (χ2n) is 5.20. The van der Waals surface area contributed by atoms with Crippen LogP contribution in [0, 0.1) is 23.5 Å². The van der Waals surface area contributed by atoms with Crippen molar-refractivity contribution in [3.63, 3.8) is 0 Å². The fourth-order valence-corrected chi connectivity index (χ4v) is 2.84. The molecule has 3 unspecified atom stereocenters. The van der Waals surface area contributed by atoms with Gasteiger partial charge in [0, 0.05) is 11.6 Å². The first-order chi connectivity index (χ1) is 8.09. The van der Waals surface area contributed by atoms with Gasteiger partial charge in [-0.25, -0.2) is 8.78 Å². The Morgan fingerprint density at radius 2 is 2.06 bits per heavy atom. The summed E-state index contributed by atoms with van der Waals surface area (Å²) in [6.07, 6.45) is 4.38. The van der Waals surface area contributed by atoms with Gasteiger partial charge in [-0.15, -0.1) is 0 Å². The Hall–Kier alpha value is -0.960. The maximum atomic E-state index is 13.6. The zero-order chi connectivity index (χ0) is 12.4. The molecule has 1 aliphatic carbocycles. The van der Waals surface area contributed by atoms with E-state index in [0.717, 1.165) is 25.3 Å². The molecule has 0 saturated heterocycles. The van der Waals surface area contributed by atoms with E-state index in [0.29, 0.717) is 11.5 Å². The van der Waals surface area contributed by atoms with Crippen molar-refractivity contribution in [3.8, 4) is 0 Å². The van der Waals surface area contributed by atoms with Gasteiger partial charge in [0.05, 0.1) is 0 Å².